The molecule has 0 spiro atoms. The van der Waals surface area contributed by atoms with Gasteiger partial charge < -0.3 is 9.64 Å². The number of alkyl halides is 3. The van der Waals surface area contributed by atoms with E-state index in [0.717, 1.165) is 23.1 Å². The molecule has 0 atom stereocenters. The number of aromatic nitrogens is 3. The summed E-state index contributed by atoms with van der Waals surface area (Å²) in [4.78, 5) is 6.19. The van der Waals surface area contributed by atoms with Crippen LogP contribution in [0.25, 0.3) is 11.4 Å². The summed E-state index contributed by atoms with van der Waals surface area (Å²) in [6.45, 7) is 0. The maximum atomic E-state index is 12.9. The van der Waals surface area contributed by atoms with Crippen LogP contribution in [0.3, 0.4) is 0 Å². The van der Waals surface area contributed by atoms with Crippen molar-refractivity contribution in [2.24, 2.45) is 0 Å². The fourth-order valence-electron chi connectivity index (χ4n) is 3.28. The fourth-order valence-corrected chi connectivity index (χ4v) is 3.28. The van der Waals surface area contributed by atoms with E-state index >= 15 is 0 Å². The van der Waals surface area contributed by atoms with E-state index in [0.29, 0.717) is 17.2 Å². The van der Waals surface area contributed by atoms with E-state index < -0.39 is 11.9 Å². The molecule has 1 aliphatic heterocycles. The number of hydrogen-bond donors (Lipinski definition) is 1. The van der Waals surface area contributed by atoms with E-state index in [1.807, 2.05) is 58.5 Å². The van der Waals surface area contributed by atoms with Gasteiger partial charge in [0.2, 0.25) is 0 Å². The molecule has 0 radical (unpaired) electrons. The van der Waals surface area contributed by atoms with Gasteiger partial charge in [0, 0.05) is 6.20 Å². The average molecular weight is 394 g/mol. The van der Waals surface area contributed by atoms with Crippen molar-refractivity contribution < 1.29 is 17.9 Å². The van der Waals surface area contributed by atoms with E-state index in [4.69, 9.17) is 4.74 Å². The highest BCUT2D eigenvalue weighted by Crippen LogP contribution is 2.50. The Morgan fingerprint density at radius 2 is 1.48 bits per heavy atom. The maximum absolute atomic E-state index is 12.9. The second kappa shape index (κ2) is 6.37. The minimum absolute atomic E-state index is 0.119. The highest BCUT2D eigenvalue weighted by atomic mass is 19.4. The van der Waals surface area contributed by atoms with Crippen LogP contribution < -0.4 is 9.64 Å². The second-order valence-electron chi connectivity index (χ2n) is 6.44. The van der Waals surface area contributed by atoms with Crippen LogP contribution in [0.2, 0.25) is 0 Å². The highest BCUT2D eigenvalue weighted by Gasteiger charge is 2.33. The van der Waals surface area contributed by atoms with Gasteiger partial charge in [0.25, 0.3) is 0 Å². The van der Waals surface area contributed by atoms with Crippen molar-refractivity contribution in [3.8, 4) is 22.9 Å². The molecular weight excluding hydrogens is 381 g/mol. The minimum Gasteiger partial charge on any atom is -0.453 e. The van der Waals surface area contributed by atoms with Crippen molar-refractivity contribution >= 4 is 17.1 Å². The quantitative estimate of drug-likeness (QED) is 0.395. The molecule has 0 fully saturated rings. The van der Waals surface area contributed by atoms with Crippen molar-refractivity contribution in [1.82, 2.24) is 15.2 Å². The number of hydrogen-bond acceptors (Lipinski definition) is 4. The molecule has 2 aromatic heterocycles. The average Bonchev–Trinajstić information content (AvgIpc) is 3.23. The highest BCUT2D eigenvalue weighted by molar-refractivity contribution is 5.86. The summed E-state index contributed by atoms with van der Waals surface area (Å²) in [5.74, 6) is 1.37. The van der Waals surface area contributed by atoms with Crippen LogP contribution >= 0.6 is 0 Å². The molecule has 0 saturated carbocycles. The number of para-hydroxylation sites is 4. The van der Waals surface area contributed by atoms with Crippen molar-refractivity contribution in [1.29, 1.82) is 0 Å². The van der Waals surface area contributed by atoms with Crippen LogP contribution in [-0.4, -0.2) is 15.2 Å². The largest absolute Gasteiger partial charge is 0.453 e. The molecule has 0 saturated heterocycles. The molecule has 0 amide bonds. The lowest BCUT2D eigenvalue weighted by atomic mass is 10.1. The Morgan fingerprint density at radius 3 is 2.10 bits per heavy atom. The molecule has 2 aromatic carbocycles. The lowest BCUT2D eigenvalue weighted by Gasteiger charge is -2.32. The number of anilines is 3. The maximum Gasteiger partial charge on any atom is 0.432 e. The number of rotatable bonds is 2. The number of halogens is 3. The molecule has 144 valence electrons. The standard InChI is InChI=1S/C21H13F3N4O/c22-21(23,24)20-12-15(26-27-20)14-11-13(9-10-25-14)28-16-5-1-3-7-18(16)29-19-8-4-2-6-17(19)28/h1-12H,(H,26,27). The number of nitrogens with one attached hydrogen (secondary N) is 1. The third-order valence-corrected chi connectivity index (χ3v) is 4.58. The predicted octanol–water partition coefficient (Wildman–Crippen LogP) is 6.07. The first-order valence-electron chi connectivity index (χ1n) is 8.76. The molecule has 4 aromatic rings. The van der Waals surface area contributed by atoms with E-state index in [9.17, 15) is 13.2 Å². The Labute approximate surface area is 163 Å². The minimum atomic E-state index is -4.50. The third kappa shape index (κ3) is 2.98. The van der Waals surface area contributed by atoms with E-state index in [2.05, 4.69) is 10.1 Å². The van der Waals surface area contributed by atoms with Crippen LogP contribution in [0.1, 0.15) is 5.69 Å². The van der Waals surface area contributed by atoms with Crippen LogP contribution in [0.5, 0.6) is 11.5 Å². The molecule has 8 heteroatoms. The Hall–Kier alpha value is -3.81. The van der Waals surface area contributed by atoms with Gasteiger partial charge in [-0.1, -0.05) is 24.3 Å². The Morgan fingerprint density at radius 1 is 0.828 bits per heavy atom. The first-order chi connectivity index (χ1) is 14.0. The normalized spacial score (nSPS) is 12.9. The van der Waals surface area contributed by atoms with Crippen LogP contribution in [0.15, 0.2) is 72.9 Å². The zero-order valence-corrected chi connectivity index (χ0v) is 14.8. The summed E-state index contributed by atoms with van der Waals surface area (Å²) in [7, 11) is 0. The van der Waals surface area contributed by atoms with Crippen LogP contribution in [0, 0.1) is 0 Å². The van der Waals surface area contributed by atoms with E-state index in [-0.39, 0.29) is 5.69 Å². The summed E-state index contributed by atoms with van der Waals surface area (Å²) >= 11 is 0. The molecule has 29 heavy (non-hydrogen) atoms. The monoisotopic (exact) mass is 394 g/mol. The topological polar surface area (TPSA) is 54.0 Å². The number of fused-ring (bicyclic) bond motifs is 2. The molecule has 5 rings (SSSR count). The molecule has 5 nitrogen and oxygen atoms in total. The van der Waals surface area contributed by atoms with E-state index in [1.165, 1.54) is 0 Å². The van der Waals surface area contributed by atoms with Gasteiger partial charge in [-0.3, -0.25) is 10.1 Å². The number of aromatic amines is 1. The predicted molar refractivity (Wildman–Crippen MR) is 102 cm³/mol. The zero-order valence-electron chi connectivity index (χ0n) is 14.8. The Bertz CT molecular complexity index is 1160. The van der Waals surface area contributed by atoms with Gasteiger partial charge in [0.15, 0.2) is 11.5 Å². The number of H-pyrrole nitrogens is 1. The fraction of sp³-hybridized carbons (Fsp3) is 0.0476. The number of ether oxygens (including phenoxy) is 1. The summed E-state index contributed by atoms with van der Waals surface area (Å²) in [5, 5.41) is 5.80. The number of benzene rings is 2. The van der Waals surface area contributed by atoms with Crippen LogP contribution in [-0.2, 0) is 6.18 Å². The molecule has 0 bridgehead atoms. The molecule has 3 heterocycles. The zero-order chi connectivity index (χ0) is 20.0. The summed E-state index contributed by atoms with van der Waals surface area (Å²) in [6.07, 6.45) is -2.95. The first-order valence-corrected chi connectivity index (χ1v) is 8.76. The van der Waals surface area contributed by atoms with Gasteiger partial charge in [-0.25, -0.2) is 0 Å². The van der Waals surface area contributed by atoms with Gasteiger partial charge in [-0.15, -0.1) is 0 Å². The molecular formula is C21H13F3N4O. The van der Waals surface area contributed by atoms with Gasteiger partial charge in [-0.05, 0) is 42.5 Å². The SMILES string of the molecule is FC(F)(F)c1cc(-c2cc(N3c4ccccc4Oc4ccccc43)ccn2)n[nH]1. The van der Waals surface area contributed by atoms with Crippen molar-refractivity contribution in [3.63, 3.8) is 0 Å². The van der Waals surface area contributed by atoms with Crippen molar-refractivity contribution in [2.45, 2.75) is 6.18 Å². The second-order valence-corrected chi connectivity index (χ2v) is 6.44. The molecule has 0 unspecified atom stereocenters. The van der Waals surface area contributed by atoms with Gasteiger partial charge in [0.1, 0.15) is 11.4 Å². The molecule has 1 N–H and O–H groups in total. The lowest BCUT2D eigenvalue weighted by molar-refractivity contribution is -0.141. The number of nitrogens with zero attached hydrogens (tertiary/aromatic N) is 3. The van der Waals surface area contributed by atoms with Crippen molar-refractivity contribution in [2.75, 3.05) is 4.90 Å². The Balaban J connectivity index is 1.63. The smallest absolute Gasteiger partial charge is 0.432 e. The van der Waals surface area contributed by atoms with Gasteiger partial charge in [-0.2, -0.15) is 18.3 Å². The first kappa shape index (κ1) is 17.3. The summed E-state index contributed by atoms with van der Waals surface area (Å²) in [6, 6.07) is 19.6. The molecule has 0 aliphatic carbocycles. The van der Waals surface area contributed by atoms with Crippen molar-refractivity contribution in [3.05, 3.63) is 78.6 Å². The summed E-state index contributed by atoms with van der Waals surface area (Å²) in [5.41, 5.74) is 1.91. The third-order valence-electron chi connectivity index (χ3n) is 4.58. The van der Waals surface area contributed by atoms with Crippen LogP contribution in [0.4, 0.5) is 30.2 Å². The molecule has 1 aliphatic rings. The Kier molecular flexibility index (Phi) is 3.80. The lowest BCUT2D eigenvalue weighted by Crippen LogP contribution is -2.15. The van der Waals surface area contributed by atoms with Gasteiger partial charge in [0.05, 0.1) is 22.8 Å². The van der Waals surface area contributed by atoms with E-state index in [1.54, 1.807) is 18.3 Å². The summed E-state index contributed by atoms with van der Waals surface area (Å²) < 4.78 is 44.7. The van der Waals surface area contributed by atoms with Gasteiger partial charge >= 0.3 is 6.18 Å². The number of pyridine rings is 1.